The van der Waals surface area contributed by atoms with Gasteiger partial charge in [-0.05, 0) is 42.5 Å². The molecule has 31 heavy (non-hydrogen) atoms. The molecular weight excluding hydrogens is 426 g/mol. The van der Waals surface area contributed by atoms with Gasteiger partial charge in [0.05, 0.1) is 22.5 Å². The molecule has 4 heterocycles. The molecule has 5 rings (SSSR count). The minimum Gasteiger partial charge on any atom is -0.268 e. The monoisotopic (exact) mass is 441 g/mol. The van der Waals surface area contributed by atoms with Gasteiger partial charge in [0, 0.05) is 35.9 Å². The molecule has 1 aliphatic heterocycles. The summed E-state index contributed by atoms with van der Waals surface area (Å²) in [6, 6.07) is 17.2. The minimum absolute atomic E-state index is 0.170. The Bertz CT molecular complexity index is 1290. The molecule has 3 aromatic heterocycles. The van der Waals surface area contributed by atoms with Crippen LogP contribution in [0.2, 0.25) is 0 Å². The molecule has 0 radical (unpaired) electrons. The van der Waals surface area contributed by atoms with E-state index in [1.54, 1.807) is 30.9 Å². The zero-order valence-corrected chi connectivity index (χ0v) is 17.8. The molecule has 8 heteroatoms. The van der Waals surface area contributed by atoms with Gasteiger partial charge >= 0.3 is 0 Å². The van der Waals surface area contributed by atoms with Crippen molar-refractivity contribution in [1.82, 2.24) is 19.7 Å². The lowest BCUT2D eigenvalue weighted by Crippen LogP contribution is -2.27. The van der Waals surface area contributed by atoms with E-state index in [0.29, 0.717) is 14.9 Å². The smallest absolute Gasteiger partial charge is 0.268 e. The summed E-state index contributed by atoms with van der Waals surface area (Å²) in [5.41, 5.74) is 4.08. The average Bonchev–Trinajstić information content (AvgIpc) is 3.36. The highest BCUT2D eigenvalue weighted by Crippen LogP contribution is 2.37. The Morgan fingerprint density at radius 1 is 0.903 bits per heavy atom. The first kappa shape index (κ1) is 19.3. The van der Waals surface area contributed by atoms with E-state index in [9.17, 15) is 4.79 Å². The maximum atomic E-state index is 13.1. The SMILES string of the molecule is O=C1/C(=C/c2cn(-c3ccccc3)nc2-c2ccncc2)SC(=S)N1c1cccnc1. The maximum Gasteiger partial charge on any atom is 0.270 e. The van der Waals surface area contributed by atoms with Gasteiger partial charge in [-0.25, -0.2) is 4.68 Å². The molecule has 1 fully saturated rings. The summed E-state index contributed by atoms with van der Waals surface area (Å²) in [7, 11) is 0. The van der Waals surface area contributed by atoms with Crippen LogP contribution in [0.1, 0.15) is 5.56 Å². The number of thioether (sulfide) groups is 1. The number of carbonyl (C=O) groups excluding carboxylic acids is 1. The molecule has 6 nitrogen and oxygen atoms in total. The number of aromatic nitrogens is 4. The number of thiocarbonyl (C=S) groups is 1. The molecule has 4 aromatic rings. The Morgan fingerprint density at radius 3 is 2.42 bits per heavy atom. The third-order valence-corrected chi connectivity index (χ3v) is 6.00. The van der Waals surface area contributed by atoms with Gasteiger partial charge in [-0.2, -0.15) is 5.10 Å². The molecule has 0 atom stereocenters. The van der Waals surface area contributed by atoms with Gasteiger partial charge in [-0.1, -0.05) is 42.2 Å². The van der Waals surface area contributed by atoms with E-state index in [0.717, 1.165) is 22.5 Å². The Labute approximate surface area is 188 Å². The van der Waals surface area contributed by atoms with Gasteiger partial charge in [0.25, 0.3) is 5.91 Å². The third-order valence-electron chi connectivity index (χ3n) is 4.70. The number of amides is 1. The van der Waals surface area contributed by atoms with Crippen LogP contribution in [0.4, 0.5) is 5.69 Å². The van der Waals surface area contributed by atoms with Crippen LogP contribution < -0.4 is 4.90 Å². The van der Waals surface area contributed by atoms with Crippen molar-refractivity contribution in [3.05, 3.63) is 96.1 Å². The van der Waals surface area contributed by atoms with Crippen LogP contribution in [0, 0.1) is 0 Å². The first-order valence-corrected chi connectivity index (χ1v) is 10.7. The van der Waals surface area contributed by atoms with Gasteiger partial charge in [-0.15, -0.1) is 0 Å². The highest BCUT2D eigenvalue weighted by Gasteiger charge is 2.33. The highest BCUT2D eigenvalue weighted by molar-refractivity contribution is 8.27. The fourth-order valence-electron chi connectivity index (χ4n) is 3.26. The molecule has 0 aliphatic carbocycles. The summed E-state index contributed by atoms with van der Waals surface area (Å²) in [6.45, 7) is 0. The van der Waals surface area contributed by atoms with E-state index in [-0.39, 0.29) is 5.91 Å². The zero-order valence-electron chi connectivity index (χ0n) is 16.1. The van der Waals surface area contributed by atoms with Crippen LogP contribution in [0.5, 0.6) is 0 Å². The average molecular weight is 442 g/mol. The zero-order chi connectivity index (χ0) is 21.2. The van der Waals surface area contributed by atoms with Gasteiger partial charge in [0.1, 0.15) is 5.69 Å². The number of pyridine rings is 2. The second-order valence-corrected chi connectivity index (χ2v) is 8.35. The number of benzene rings is 1. The number of hydrogen-bond donors (Lipinski definition) is 0. The van der Waals surface area contributed by atoms with E-state index in [1.807, 2.05) is 65.5 Å². The van der Waals surface area contributed by atoms with Crippen molar-refractivity contribution in [3.63, 3.8) is 0 Å². The van der Waals surface area contributed by atoms with E-state index < -0.39 is 0 Å². The van der Waals surface area contributed by atoms with E-state index in [1.165, 1.54) is 16.7 Å². The summed E-state index contributed by atoms with van der Waals surface area (Å²) in [5, 5.41) is 4.78. The van der Waals surface area contributed by atoms with Crippen LogP contribution in [0.3, 0.4) is 0 Å². The lowest BCUT2D eigenvalue weighted by atomic mass is 10.1. The van der Waals surface area contributed by atoms with Crippen LogP contribution in [-0.2, 0) is 4.79 Å². The number of rotatable bonds is 4. The number of carbonyl (C=O) groups is 1. The van der Waals surface area contributed by atoms with Gasteiger partial charge in [0.15, 0.2) is 4.32 Å². The second-order valence-electron chi connectivity index (χ2n) is 6.68. The van der Waals surface area contributed by atoms with E-state index in [4.69, 9.17) is 17.3 Å². The van der Waals surface area contributed by atoms with Crippen molar-refractivity contribution >= 4 is 46.0 Å². The van der Waals surface area contributed by atoms with Gasteiger partial charge < -0.3 is 0 Å². The second kappa shape index (κ2) is 8.25. The van der Waals surface area contributed by atoms with Crippen molar-refractivity contribution in [3.8, 4) is 16.9 Å². The summed E-state index contributed by atoms with van der Waals surface area (Å²) < 4.78 is 2.29. The Kier molecular flexibility index (Phi) is 5.15. The fraction of sp³-hybridized carbons (Fsp3) is 0. The van der Waals surface area contributed by atoms with Crippen LogP contribution in [0.25, 0.3) is 23.0 Å². The highest BCUT2D eigenvalue weighted by atomic mass is 32.2. The number of nitrogens with zero attached hydrogens (tertiary/aromatic N) is 5. The number of para-hydroxylation sites is 1. The van der Waals surface area contributed by atoms with Crippen LogP contribution in [-0.4, -0.2) is 30.0 Å². The predicted molar refractivity (Wildman–Crippen MR) is 127 cm³/mol. The normalized spacial score (nSPS) is 15.1. The minimum atomic E-state index is -0.170. The van der Waals surface area contributed by atoms with Crippen molar-refractivity contribution < 1.29 is 4.79 Å². The summed E-state index contributed by atoms with van der Waals surface area (Å²) in [6.07, 6.45) is 10.5. The van der Waals surface area contributed by atoms with Gasteiger partial charge in [-0.3, -0.25) is 19.7 Å². The molecule has 0 spiro atoms. The topological polar surface area (TPSA) is 63.9 Å². The quantitative estimate of drug-likeness (QED) is 0.337. The number of hydrogen-bond acceptors (Lipinski definition) is 6. The van der Waals surface area contributed by atoms with Crippen LogP contribution in [0.15, 0.2) is 90.5 Å². The summed E-state index contributed by atoms with van der Waals surface area (Å²) >= 11 is 6.74. The van der Waals surface area contributed by atoms with Crippen molar-refractivity contribution in [2.75, 3.05) is 4.90 Å². The Hall–Kier alpha value is -3.62. The van der Waals surface area contributed by atoms with Crippen molar-refractivity contribution in [1.29, 1.82) is 0 Å². The molecule has 0 bridgehead atoms. The molecule has 150 valence electrons. The first-order chi connectivity index (χ1) is 15.2. The predicted octanol–water partition coefficient (Wildman–Crippen LogP) is 4.74. The maximum absolute atomic E-state index is 13.1. The summed E-state index contributed by atoms with van der Waals surface area (Å²) in [4.78, 5) is 23.4. The van der Waals surface area contributed by atoms with E-state index in [2.05, 4.69) is 9.97 Å². The molecule has 0 N–H and O–H groups in total. The lowest BCUT2D eigenvalue weighted by Gasteiger charge is -2.13. The lowest BCUT2D eigenvalue weighted by molar-refractivity contribution is -0.113. The molecule has 0 saturated carbocycles. The third kappa shape index (κ3) is 3.78. The molecular formula is C23H15N5OS2. The van der Waals surface area contributed by atoms with Gasteiger partial charge in [0.2, 0.25) is 0 Å². The molecule has 0 unspecified atom stereocenters. The van der Waals surface area contributed by atoms with E-state index >= 15 is 0 Å². The molecule has 1 saturated heterocycles. The van der Waals surface area contributed by atoms with Crippen LogP contribution >= 0.6 is 24.0 Å². The Morgan fingerprint density at radius 2 is 1.68 bits per heavy atom. The van der Waals surface area contributed by atoms with Crippen molar-refractivity contribution in [2.45, 2.75) is 0 Å². The fourth-order valence-corrected chi connectivity index (χ4v) is 4.55. The molecule has 1 aliphatic rings. The summed E-state index contributed by atoms with van der Waals surface area (Å²) in [5.74, 6) is -0.170. The largest absolute Gasteiger partial charge is 0.270 e. The molecule has 1 aromatic carbocycles. The standard InChI is InChI=1S/C23H15N5OS2/c29-22-20(31-23(30)28(22)19-7-4-10-25-14-19)13-17-15-27(18-5-2-1-3-6-18)26-21(17)16-8-11-24-12-9-16/h1-15H/b20-13-. The Balaban J connectivity index is 1.58. The van der Waals surface area contributed by atoms with Crippen molar-refractivity contribution in [2.24, 2.45) is 0 Å². The first-order valence-electron chi connectivity index (χ1n) is 9.44. The molecule has 1 amide bonds. The number of anilines is 1.